The average molecular weight is 511 g/mol. The summed E-state index contributed by atoms with van der Waals surface area (Å²) in [7, 11) is 3.75. The van der Waals surface area contributed by atoms with E-state index in [-0.39, 0.29) is 18.3 Å². The maximum Gasteiger partial charge on any atom is 0.352 e. The van der Waals surface area contributed by atoms with Crippen molar-refractivity contribution in [1.29, 1.82) is 0 Å². The first-order chi connectivity index (χ1) is 17.9. The number of carbonyl (C=O) groups is 1. The van der Waals surface area contributed by atoms with E-state index in [0.717, 1.165) is 56.4 Å². The van der Waals surface area contributed by atoms with Gasteiger partial charge in [-0.1, -0.05) is 12.8 Å². The van der Waals surface area contributed by atoms with Crippen molar-refractivity contribution in [3.8, 4) is 0 Å². The molecule has 11 heteroatoms. The zero-order chi connectivity index (χ0) is 26.4. The van der Waals surface area contributed by atoms with Gasteiger partial charge in [0.25, 0.3) is 0 Å². The fourth-order valence-corrected chi connectivity index (χ4v) is 5.22. The maximum atomic E-state index is 11.8. The van der Waals surface area contributed by atoms with Gasteiger partial charge in [0.05, 0.1) is 18.5 Å². The molecule has 1 saturated carbocycles. The van der Waals surface area contributed by atoms with E-state index in [4.69, 9.17) is 0 Å². The molecule has 4 heterocycles. The van der Waals surface area contributed by atoms with E-state index in [1.54, 1.807) is 12.3 Å². The molecule has 1 saturated heterocycles. The lowest BCUT2D eigenvalue weighted by Gasteiger charge is -2.40. The molecule has 0 unspecified atom stereocenters. The molecule has 4 N–H and O–H groups in total. The first-order valence-corrected chi connectivity index (χ1v) is 13.0. The molecule has 0 bridgehead atoms. The minimum atomic E-state index is -0.942. The van der Waals surface area contributed by atoms with Crippen molar-refractivity contribution in [2.24, 2.45) is 0 Å². The molecule has 1 aliphatic carbocycles. The fraction of sp³-hybridized carbons (Fsp3) is 0.538. The first kappa shape index (κ1) is 26.8. The summed E-state index contributed by atoms with van der Waals surface area (Å²) in [6, 6.07) is 6.13. The largest absolute Gasteiger partial charge is 0.477 e. The quantitative estimate of drug-likeness (QED) is 0.376. The van der Waals surface area contributed by atoms with Gasteiger partial charge < -0.3 is 30.3 Å². The molecule has 3 aromatic rings. The molecule has 5 rings (SSSR count). The lowest BCUT2D eigenvalue weighted by atomic mass is 10.2. The van der Waals surface area contributed by atoms with Gasteiger partial charge >= 0.3 is 5.97 Å². The molecule has 0 aromatic carbocycles. The number of fused-ring (bicyclic) bond motifs is 1. The zero-order valence-corrected chi connectivity index (χ0v) is 21.9. The second kappa shape index (κ2) is 12.3. The Balaban J connectivity index is 0.00000102. The normalized spacial score (nSPS) is 18.6. The molecule has 1 atom stereocenters. The van der Waals surface area contributed by atoms with Gasteiger partial charge in [0.1, 0.15) is 17.2 Å². The molecule has 0 radical (unpaired) electrons. The van der Waals surface area contributed by atoms with Crippen LogP contribution in [0.5, 0.6) is 0 Å². The Labute approximate surface area is 217 Å². The number of nitrogens with zero attached hydrogens (tertiary/aromatic N) is 6. The van der Waals surface area contributed by atoms with Crippen molar-refractivity contribution in [3.63, 3.8) is 0 Å². The van der Waals surface area contributed by atoms with E-state index < -0.39 is 5.97 Å². The molecular weight excluding hydrogens is 472 g/mol. The number of hydrogen-bond acceptors (Lipinski definition) is 9. The van der Waals surface area contributed by atoms with Crippen LogP contribution in [-0.2, 0) is 0 Å². The third-order valence-electron chi connectivity index (χ3n) is 6.99. The van der Waals surface area contributed by atoms with Crippen LogP contribution in [0.1, 0.15) is 49.1 Å². The summed E-state index contributed by atoms with van der Waals surface area (Å²) in [6.45, 7) is 5.76. The van der Waals surface area contributed by atoms with Gasteiger partial charge in [0.2, 0.25) is 5.95 Å². The molecule has 200 valence electrons. The smallest absolute Gasteiger partial charge is 0.352 e. The Bertz CT molecular complexity index is 1180. The van der Waals surface area contributed by atoms with Crippen molar-refractivity contribution in [2.75, 3.05) is 57.1 Å². The number of pyridine rings is 1. The number of carboxylic acid groups (broad SMARTS) is 1. The third-order valence-corrected chi connectivity index (χ3v) is 6.99. The highest BCUT2D eigenvalue weighted by Gasteiger charge is 2.26. The van der Waals surface area contributed by atoms with E-state index >= 15 is 0 Å². The van der Waals surface area contributed by atoms with Crippen LogP contribution in [0.2, 0.25) is 0 Å². The lowest BCUT2D eigenvalue weighted by Crippen LogP contribution is -2.52. The van der Waals surface area contributed by atoms with Gasteiger partial charge in [0, 0.05) is 49.8 Å². The summed E-state index contributed by atoms with van der Waals surface area (Å²) < 4.78 is 1.87. The van der Waals surface area contributed by atoms with Crippen LogP contribution in [0.3, 0.4) is 0 Å². The Hall–Kier alpha value is -3.28. The zero-order valence-electron chi connectivity index (χ0n) is 21.9. The van der Waals surface area contributed by atoms with Crippen LogP contribution in [-0.4, -0.2) is 93.5 Å². The highest BCUT2D eigenvalue weighted by molar-refractivity contribution is 5.93. The molecule has 3 aromatic heterocycles. The van der Waals surface area contributed by atoms with Crippen molar-refractivity contribution in [3.05, 3.63) is 36.3 Å². The van der Waals surface area contributed by atoms with E-state index in [1.807, 2.05) is 37.0 Å². The molecule has 2 aliphatic rings. The van der Waals surface area contributed by atoms with Crippen molar-refractivity contribution >= 4 is 34.5 Å². The number of anilines is 3. The molecule has 0 spiro atoms. The number of nitrogens with one attached hydrogen (secondary N) is 2. The number of aromatic carboxylic acids is 1. The lowest BCUT2D eigenvalue weighted by molar-refractivity contribution is 0.0683. The average Bonchev–Trinajstić information content (AvgIpc) is 3.54. The molecule has 0 amide bonds. The van der Waals surface area contributed by atoms with E-state index in [0.29, 0.717) is 30.0 Å². The Kier molecular flexibility index (Phi) is 8.91. The predicted molar refractivity (Wildman–Crippen MR) is 145 cm³/mol. The topological polar surface area (TPSA) is 132 Å². The first-order valence-electron chi connectivity index (χ1n) is 13.0. The van der Waals surface area contributed by atoms with Crippen LogP contribution in [0.15, 0.2) is 30.6 Å². The molecule has 11 nitrogen and oxygen atoms in total. The highest BCUT2D eigenvalue weighted by Crippen LogP contribution is 2.34. The Morgan fingerprint density at radius 2 is 1.89 bits per heavy atom. The number of aliphatic hydroxyl groups excluding tert-OH is 1. The minimum absolute atomic E-state index is 0.156. The summed E-state index contributed by atoms with van der Waals surface area (Å²) in [5.74, 6) is 0.0870. The van der Waals surface area contributed by atoms with Gasteiger partial charge in [-0.05, 0) is 52.1 Å². The van der Waals surface area contributed by atoms with Gasteiger partial charge in [-0.25, -0.2) is 14.8 Å². The molecule has 37 heavy (non-hydrogen) atoms. The standard InChI is InChI=1S/C24H31N7O3.C2H7N/c1-16-15-30(9-8-29(16)10-11-32)19-6-7-21(25-14-19)27-24-26-13-17-12-20(23(33)34)31(22(17)28-24)18-4-2-3-5-18;1-3-2/h6-7,12-14,16,18,32H,2-5,8-11,15H2,1H3,(H,33,34)(H,25,26,27,28);3H,1-2H3/t16-;/m1./s1. The minimum Gasteiger partial charge on any atom is -0.477 e. The van der Waals surface area contributed by atoms with Crippen LogP contribution < -0.4 is 15.5 Å². The van der Waals surface area contributed by atoms with Crippen molar-refractivity contribution < 1.29 is 15.0 Å². The summed E-state index contributed by atoms with van der Waals surface area (Å²) >= 11 is 0. The molecule has 1 aliphatic heterocycles. The van der Waals surface area contributed by atoms with Crippen LogP contribution in [0.4, 0.5) is 17.5 Å². The van der Waals surface area contributed by atoms with Crippen LogP contribution in [0, 0.1) is 0 Å². The number of aliphatic hydroxyl groups is 1. The number of aromatic nitrogens is 4. The number of β-amino-alcohol motifs (C(OH)–C–C–N with tert-alkyl or cyclic N) is 1. The third kappa shape index (κ3) is 6.17. The summed E-state index contributed by atoms with van der Waals surface area (Å²) in [5, 5.41) is 25.6. The van der Waals surface area contributed by atoms with Gasteiger partial charge in [-0.3, -0.25) is 4.90 Å². The number of piperazine rings is 1. The predicted octanol–water partition coefficient (Wildman–Crippen LogP) is 2.72. The van der Waals surface area contributed by atoms with Gasteiger partial charge in [0.15, 0.2) is 0 Å². The second-order valence-corrected chi connectivity index (χ2v) is 9.70. The van der Waals surface area contributed by atoms with Gasteiger partial charge in [-0.2, -0.15) is 4.98 Å². The van der Waals surface area contributed by atoms with E-state index in [1.165, 1.54) is 0 Å². The number of rotatable bonds is 7. The van der Waals surface area contributed by atoms with Gasteiger partial charge in [-0.15, -0.1) is 0 Å². The van der Waals surface area contributed by atoms with E-state index in [9.17, 15) is 15.0 Å². The fourth-order valence-electron chi connectivity index (χ4n) is 5.22. The number of hydrogen-bond donors (Lipinski definition) is 4. The van der Waals surface area contributed by atoms with Crippen molar-refractivity contribution in [1.82, 2.24) is 29.7 Å². The second-order valence-electron chi connectivity index (χ2n) is 9.70. The van der Waals surface area contributed by atoms with Crippen LogP contribution in [0.25, 0.3) is 11.0 Å². The highest BCUT2D eigenvalue weighted by atomic mass is 16.4. The Morgan fingerprint density at radius 3 is 2.51 bits per heavy atom. The van der Waals surface area contributed by atoms with Crippen LogP contribution >= 0.6 is 0 Å². The number of carboxylic acids is 1. The summed E-state index contributed by atoms with van der Waals surface area (Å²) in [6.07, 6.45) is 7.65. The summed E-state index contributed by atoms with van der Waals surface area (Å²) in [4.78, 5) is 30.1. The summed E-state index contributed by atoms with van der Waals surface area (Å²) in [5.41, 5.74) is 1.97. The maximum absolute atomic E-state index is 11.8. The van der Waals surface area contributed by atoms with Crippen molar-refractivity contribution in [2.45, 2.75) is 44.7 Å². The SMILES string of the molecule is CNC.C[C@@H]1CN(c2ccc(Nc3ncc4cc(C(=O)O)n(C5CCCC5)c4n3)nc2)CCN1CCO. The molecular formula is C26H38N8O3. The van der Waals surface area contributed by atoms with E-state index in [2.05, 4.69) is 42.3 Å². The molecule has 2 fully saturated rings. The monoisotopic (exact) mass is 510 g/mol. The Morgan fingerprint density at radius 1 is 1.14 bits per heavy atom.